The van der Waals surface area contributed by atoms with Crippen molar-refractivity contribution in [3.05, 3.63) is 35.8 Å². The Morgan fingerprint density at radius 2 is 1.48 bits per heavy atom. The first kappa shape index (κ1) is 28.1. The quantitative estimate of drug-likeness (QED) is 0.143. The normalized spacial score (nSPS) is 12.3. The molecule has 0 bridgehead atoms. The van der Waals surface area contributed by atoms with Crippen LogP contribution in [0.2, 0.25) is 0 Å². The summed E-state index contributed by atoms with van der Waals surface area (Å²) in [6, 6.07) is 0. The summed E-state index contributed by atoms with van der Waals surface area (Å²) in [5, 5.41) is 15.4. The van der Waals surface area contributed by atoms with E-state index >= 15 is 0 Å². The van der Waals surface area contributed by atoms with Gasteiger partial charge >= 0.3 is 0 Å². The molecule has 0 heterocycles. The van der Waals surface area contributed by atoms with Gasteiger partial charge in [-0.05, 0) is 84.2 Å². The second-order valence-corrected chi connectivity index (χ2v) is 9.60. The second-order valence-electron chi connectivity index (χ2n) is 7.39. The highest BCUT2D eigenvalue weighted by molar-refractivity contribution is 7.95. The first-order valence-electron chi connectivity index (χ1n) is 11.2. The number of allylic oxidation sites excluding steroid dienone is 5. The van der Waals surface area contributed by atoms with Crippen LogP contribution < -0.4 is 10.6 Å². The van der Waals surface area contributed by atoms with Crippen molar-refractivity contribution in [3.8, 4) is 0 Å². The maximum atomic E-state index is 12.1. The van der Waals surface area contributed by atoms with Crippen LogP contribution in [0.25, 0.3) is 0 Å². The molecule has 0 spiro atoms. The molecular weight excluding hydrogens is 384 g/mol. The molecule has 29 heavy (non-hydrogen) atoms. The Labute approximate surface area is 179 Å². The van der Waals surface area contributed by atoms with Crippen molar-refractivity contribution in [2.45, 2.75) is 77.6 Å². The van der Waals surface area contributed by atoms with E-state index < -0.39 is 9.84 Å². The van der Waals surface area contributed by atoms with Crippen LogP contribution in [0, 0.1) is 0 Å². The van der Waals surface area contributed by atoms with Gasteiger partial charge in [-0.1, -0.05) is 37.3 Å². The highest BCUT2D eigenvalue weighted by Crippen LogP contribution is 2.15. The predicted octanol–water partition coefficient (Wildman–Crippen LogP) is 4.47. The maximum Gasteiger partial charge on any atom is 0.173 e. The molecule has 5 nitrogen and oxygen atoms in total. The SMILES string of the molecule is C=C(CC/C=C\C)S(=O)(=O)CCCCC/C=C\CCCCNCNCCCCO. The van der Waals surface area contributed by atoms with Gasteiger partial charge in [-0.2, -0.15) is 0 Å². The second kappa shape index (κ2) is 20.3. The minimum atomic E-state index is -3.13. The van der Waals surface area contributed by atoms with Crippen molar-refractivity contribution in [1.82, 2.24) is 10.6 Å². The number of rotatable bonds is 21. The fourth-order valence-electron chi connectivity index (χ4n) is 2.82. The van der Waals surface area contributed by atoms with Gasteiger partial charge in [-0.15, -0.1) is 0 Å². The molecule has 0 aliphatic carbocycles. The van der Waals surface area contributed by atoms with Crippen LogP contribution in [-0.4, -0.2) is 45.6 Å². The van der Waals surface area contributed by atoms with Crippen LogP contribution in [-0.2, 0) is 9.84 Å². The van der Waals surface area contributed by atoms with Crippen molar-refractivity contribution in [1.29, 1.82) is 0 Å². The third-order valence-electron chi connectivity index (χ3n) is 4.70. The van der Waals surface area contributed by atoms with Crippen LogP contribution in [0.3, 0.4) is 0 Å². The fraction of sp³-hybridized carbons (Fsp3) is 0.739. The summed E-state index contributed by atoms with van der Waals surface area (Å²) in [6.07, 6.45) is 18.7. The average molecular weight is 429 g/mol. The molecule has 3 N–H and O–H groups in total. The molecule has 0 fully saturated rings. The van der Waals surface area contributed by atoms with Crippen LogP contribution >= 0.6 is 0 Å². The number of unbranched alkanes of at least 4 members (excludes halogenated alkanes) is 6. The number of aliphatic hydroxyl groups is 1. The number of aliphatic hydroxyl groups excluding tert-OH is 1. The average Bonchev–Trinajstić information content (AvgIpc) is 2.70. The van der Waals surface area contributed by atoms with E-state index in [1.54, 1.807) is 0 Å². The van der Waals surface area contributed by atoms with E-state index in [0.29, 0.717) is 11.3 Å². The fourth-order valence-corrected chi connectivity index (χ4v) is 4.12. The lowest BCUT2D eigenvalue weighted by Crippen LogP contribution is -2.30. The van der Waals surface area contributed by atoms with Gasteiger partial charge in [0.15, 0.2) is 9.84 Å². The topological polar surface area (TPSA) is 78.4 Å². The molecule has 0 aromatic carbocycles. The summed E-state index contributed by atoms with van der Waals surface area (Å²) in [7, 11) is -3.13. The van der Waals surface area contributed by atoms with Crippen molar-refractivity contribution in [3.63, 3.8) is 0 Å². The van der Waals surface area contributed by atoms with Gasteiger partial charge in [0.25, 0.3) is 0 Å². The Hall–Kier alpha value is -0.950. The van der Waals surface area contributed by atoms with Gasteiger partial charge < -0.3 is 15.7 Å². The van der Waals surface area contributed by atoms with Crippen LogP contribution in [0.5, 0.6) is 0 Å². The third-order valence-corrected chi connectivity index (χ3v) is 6.61. The Bertz CT molecular complexity index is 542. The number of hydrogen-bond acceptors (Lipinski definition) is 5. The smallest absolute Gasteiger partial charge is 0.173 e. The molecule has 0 aliphatic heterocycles. The zero-order valence-electron chi connectivity index (χ0n) is 18.5. The summed E-state index contributed by atoms with van der Waals surface area (Å²) in [5.74, 6) is 0.231. The van der Waals surface area contributed by atoms with E-state index in [1.165, 1.54) is 12.8 Å². The summed E-state index contributed by atoms with van der Waals surface area (Å²) >= 11 is 0. The molecule has 0 aliphatic rings. The van der Waals surface area contributed by atoms with Crippen LogP contribution in [0.1, 0.15) is 77.6 Å². The van der Waals surface area contributed by atoms with Gasteiger partial charge in [0.1, 0.15) is 0 Å². The van der Waals surface area contributed by atoms with E-state index in [1.807, 2.05) is 19.1 Å². The van der Waals surface area contributed by atoms with Crippen LogP contribution in [0.4, 0.5) is 0 Å². The molecule has 0 aromatic heterocycles. The van der Waals surface area contributed by atoms with Gasteiger partial charge in [0.2, 0.25) is 0 Å². The van der Waals surface area contributed by atoms with Crippen LogP contribution in [0.15, 0.2) is 35.8 Å². The van der Waals surface area contributed by atoms with Gasteiger partial charge in [0.05, 0.1) is 5.75 Å². The van der Waals surface area contributed by atoms with E-state index in [9.17, 15) is 8.42 Å². The molecule has 0 rings (SSSR count). The summed E-state index contributed by atoms with van der Waals surface area (Å²) in [6.45, 7) is 8.76. The molecule has 0 amide bonds. The zero-order valence-corrected chi connectivity index (χ0v) is 19.3. The first-order valence-corrected chi connectivity index (χ1v) is 12.9. The number of hydrogen-bond donors (Lipinski definition) is 3. The van der Waals surface area contributed by atoms with E-state index in [4.69, 9.17) is 5.11 Å². The molecule has 0 radical (unpaired) electrons. The number of nitrogens with one attached hydrogen (secondary N) is 2. The van der Waals surface area contributed by atoms with E-state index in [0.717, 1.165) is 71.1 Å². The molecule has 6 heteroatoms. The molecule has 170 valence electrons. The van der Waals surface area contributed by atoms with Gasteiger partial charge in [-0.25, -0.2) is 8.42 Å². The first-order chi connectivity index (χ1) is 14.0. The minimum Gasteiger partial charge on any atom is -0.396 e. The molecule has 0 unspecified atom stereocenters. The Morgan fingerprint density at radius 3 is 2.10 bits per heavy atom. The predicted molar refractivity (Wildman–Crippen MR) is 126 cm³/mol. The molecule has 0 atom stereocenters. The molecule has 0 saturated carbocycles. The number of sulfone groups is 1. The molecule has 0 aromatic rings. The third kappa shape index (κ3) is 18.8. The van der Waals surface area contributed by atoms with Crippen molar-refractivity contribution in [2.24, 2.45) is 0 Å². The van der Waals surface area contributed by atoms with Gasteiger partial charge in [0, 0.05) is 18.2 Å². The maximum absolute atomic E-state index is 12.1. The van der Waals surface area contributed by atoms with Gasteiger partial charge in [-0.3, -0.25) is 0 Å². The van der Waals surface area contributed by atoms with Crippen molar-refractivity contribution < 1.29 is 13.5 Å². The zero-order chi connectivity index (χ0) is 21.6. The Balaban J connectivity index is 3.47. The monoisotopic (exact) mass is 428 g/mol. The summed E-state index contributed by atoms with van der Waals surface area (Å²) in [4.78, 5) is 0.377. The highest BCUT2D eigenvalue weighted by Gasteiger charge is 2.14. The molecule has 0 saturated heterocycles. The van der Waals surface area contributed by atoms with E-state index in [-0.39, 0.29) is 12.4 Å². The van der Waals surface area contributed by atoms with Crippen molar-refractivity contribution >= 4 is 9.84 Å². The lowest BCUT2D eigenvalue weighted by molar-refractivity contribution is 0.283. The minimum absolute atomic E-state index is 0.231. The summed E-state index contributed by atoms with van der Waals surface area (Å²) < 4.78 is 24.3. The standard InChI is InChI=1S/C23H44N2O3S/c1-3-4-12-17-23(2)29(27,28)21-16-11-9-7-5-6-8-10-13-18-24-22-25-19-14-15-20-26/h3-6,24-26H,2,7-22H2,1H3/b4-3-,6-5-. The summed E-state index contributed by atoms with van der Waals surface area (Å²) in [5.41, 5.74) is 0. The highest BCUT2D eigenvalue weighted by atomic mass is 32.2. The van der Waals surface area contributed by atoms with Crippen molar-refractivity contribution in [2.75, 3.05) is 32.1 Å². The lowest BCUT2D eigenvalue weighted by Gasteiger charge is -2.06. The largest absolute Gasteiger partial charge is 0.396 e. The molecular formula is C23H44N2O3S. The Kier molecular flexibility index (Phi) is 19.7. The van der Waals surface area contributed by atoms with E-state index in [2.05, 4.69) is 29.4 Å². The lowest BCUT2D eigenvalue weighted by atomic mass is 10.1. The Morgan fingerprint density at radius 1 is 0.862 bits per heavy atom.